The van der Waals surface area contributed by atoms with Crippen LogP contribution < -0.4 is 14.8 Å². The molecular weight excluding hydrogens is 402 g/mol. The van der Waals surface area contributed by atoms with Crippen molar-refractivity contribution < 1.29 is 9.47 Å². The fourth-order valence-corrected chi connectivity index (χ4v) is 3.08. The van der Waals surface area contributed by atoms with Gasteiger partial charge in [0.2, 0.25) is 0 Å². The summed E-state index contributed by atoms with van der Waals surface area (Å²) in [5.41, 5.74) is 2.32. The third-order valence-corrected chi connectivity index (χ3v) is 4.39. The molecule has 0 fully saturated rings. The van der Waals surface area contributed by atoms with Crippen molar-refractivity contribution in [2.45, 2.75) is 39.3 Å². The monoisotopic (exact) mass is 427 g/mol. The molecule has 138 valence electrons. The number of benzene rings is 2. The van der Waals surface area contributed by atoms with Crippen LogP contribution in [0.2, 0.25) is 0 Å². The fraction of sp³-hybridized carbons (Fsp3) is 0.400. The van der Waals surface area contributed by atoms with E-state index in [1.165, 1.54) is 24.8 Å². The van der Waals surface area contributed by atoms with Gasteiger partial charge in [0.1, 0.15) is 6.61 Å². The van der Waals surface area contributed by atoms with Crippen LogP contribution in [0.5, 0.6) is 11.5 Å². The van der Waals surface area contributed by atoms with Gasteiger partial charge in [-0.15, -0.1) is 12.4 Å². The fourth-order valence-electron chi connectivity index (χ4n) is 2.48. The van der Waals surface area contributed by atoms with Crippen LogP contribution in [0.3, 0.4) is 0 Å². The normalized spacial score (nSPS) is 10.2. The van der Waals surface area contributed by atoms with Gasteiger partial charge in [-0.2, -0.15) is 0 Å². The van der Waals surface area contributed by atoms with Crippen LogP contribution in [-0.2, 0) is 13.2 Å². The summed E-state index contributed by atoms with van der Waals surface area (Å²) in [6.07, 6.45) is 3.73. The minimum Gasteiger partial charge on any atom is -0.493 e. The minimum absolute atomic E-state index is 0. The van der Waals surface area contributed by atoms with Gasteiger partial charge < -0.3 is 14.8 Å². The maximum Gasteiger partial charge on any atom is 0.175 e. The highest BCUT2D eigenvalue weighted by Crippen LogP contribution is 2.37. The van der Waals surface area contributed by atoms with Crippen LogP contribution in [-0.4, -0.2) is 13.7 Å². The molecule has 0 aliphatic carbocycles. The average molecular weight is 429 g/mol. The topological polar surface area (TPSA) is 30.5 Å². The number of halogens is 2. The molecule has 2 rings (SSSR count). The Balaban J connectivity index is 0.00000312. The highest BCUT2D eigenvalue weighted by atomic mass is 79.9. The third-order valence-electron chi connectivity index (χ3n) is 3.80. The van der Waals surface area contributed by atoms with Crippen LogP contribution >= 0.6 is 28.3 Å². The van der Waals surface area contributed by atoms with Crippen molar-refractivity contribution >= 4 is 28.3 Å². The van der Waals surface area contributed by atoms with Gasteiger partial charge in [-0.3, -0.25) is 0 Å². The van der Waals surface area contributed by atoms with Crippen LogP contribution in [0.4, 0.5) is 0 Å². The van der Waals surface area contributed by atoms with E-state index in [0.29, 0.717) is 6.61 Å². The molecule has 0 saturated heterocycles. The molecular formula is C20H27BrClNO2. The summed E-state index contributed by atoms with van der Waals surface area (Å²) < 4.78 is 12.4. The lowest BCUT2D eigenvalue weighted by molar-refractivity contribution is 0.282. The maximum absolute atomic E-state index is 5.97. The molecule has 2 aromatic rings. The SMILES string of the molecule is CCCCCNCc1cc(Br)c(OCc2ccccc2)c(OC)c1.Cl. The molecule has 0 spiro atoms. The number of nitrogens with one attached hydrogen (secondary N) is 1. The lowest BCUT2D eigenvalue weighted by Gasteiger charge is -2.15. The van der Waals surface area contributed by atoms with E-state index in [0.717, 1.165) is 34.6 Å². The average Bonchev–Trinajstić information content (AvgIpc) is 2.61. The molecule has 5 heteroatoms. The first-order valence-electron chi connectivity index (χ1n) is 8.48. The van der Waals surface area contributed by atoms with Crippen molar-refractivity contribution in [1.82, 2.24) is 5.32 Å². The quantitative estimate of drug-likeness (QED) is 0.490. The summed E-state index contributed by atoms with van der Waals surface area (Å²) in [6.45, 7) is 4.61. The molecule has 0 atom stereocenters. The molecule has 0 aromatic heterocycles. The van der Waals surface area contributed by atoms with E-state index in [1.807, 2.05) is 24.3 Å². The number of hydrogen-bond donors (Lipinski definition) is 1. The first-order chi connectivity index (χ1) is 11.7. The molecule has 2 aromatic carbocycles. The number of unbranched alkanes of at least 4 members (excludes halogenated alkanes) is 2. The van der Waals surface area contributed by atoms with E-state index >= 15 is 0 Å². The van der Waals surface area contributed by atoms with Gasteiger partial charge in [0.15, 0.2) is 11.5 Å². The van der Waals surface area contributed by atoms with Crippen molar-refractivity contribution in [1.29, 1.82) is 0 Å². The number of rotatable bonds is 10. The summed E-state index contributed by atoms with van der Waals surface area (Å²) in [5.74, 6) is 1.50. The summed E-state index contributed by atoms with van der Waals surface area (Å²) >= 11 is 3.61. The Morgan fingerprint density at radius 1 is 1.04 bits per heavy atom. The molecule has 0 saturated carbocycles. The van der Waals surface area contributed by atoms with Gasteiger partial charge in [-0.1, -0.05) is 50.1 Å². The van der Waals surface area contributed by atoms with E-state index in [9.17, 15) is 0 Å². The van der Waals surface area contributed by atoms with Gasteiger partial charge in [0.05, 0.1) is 11.6 Å². The summed E-state index contributed by atoms with van der Waals surface area (Å²) in [4.78, 5) is 0. The Kier molecular flexibility index (Phi) is 10.6. The second-order valence-electron chi connectivity index (χ2n) is 5.77. The van der Waals surface area contributed by atoms with Gasteiger partial charge >= 0.3 is 0 Å². The summed E-state index contributed by atoms with van der Waals surface area (Å²) in [5, 5.41) is 3.48. The van der Waals surface area contributed by atoms with Crippen molar-refractivity contribution in [2.24, 2.45) is 0 Å². The molecule has 0 aliphatic heterocycles. The molecule has 3 nitrogen and oxygen atoms in total. The van der Waals surface area contributed by atoms with Crippen molar-refractivity contribution in [3.8, 4) is 11.5 Å². The van der Waals surface area contributed by atoms with E-state index in [2.05, 4.69) is 46.4 Å². The van der Waals surface area contributed by atoms with E-state index in [4.69, 9.17) is 9.47 Å². The van der Waals surface area contributed by atoms with Crippen molar-refractivity contribution in [3.63, 3.8) is 0 Å². The van der Waals surface area contributed by atoms with Gasteiger partial charge in [-0.05, 0) is 52.2 Å². The molecule has 0 amide bonds. The van der Waals surface area contributed by atoms with Gasteiger partial charge in [-0.25, -0.2) is 0 Å². The molecule has 0 aliphatic rings. The van der Waals surface area contributed by atoms with E-state index in [1.54, 1.807) is 7.11 Å². The van der Waals surface area contributed by atoms with E-state index < -0.39 is 0 Å². The number of hydrogen-bond acceptors (Lipinski definition) is 3. The van der Waals surface area contributed by atoms with Crippen molar-refractivity contribution in [2.75, 3.05) is 13.7 Å². The zero-order valence-corrected chi connectivity index (χ0v) is 17.3. The lowest BCUT2D eigenvalue weighted by atomic mass is 10.2. The Labute approximate surface area is 165 Å². The third kappa shape index (κ3) is 7.27. The smallest absolute Gasteiger partial charge is 0.175 e. The number of ether oxygens (including phenoxy) is 2. The standard InChI is InChI=1S/C20H26BrNO2.ClH/c1-3-4-8-11-22-14-17-12-18(21)20(19(13-17)23-2)24-15-16-9-6-5-7-10-16;/h5-7,9-10,12-13,22H,3-4,8,11,14-15H2,1-2H3;1H. The highest BCUT2D eigenvalue weighted by Gasteiger charge is 2.12. The van der Waals surface area contributed by atoms with E-state index in [-0.39, 0.29) is 12.4 Å². The zero-order chi connectivity index (χ0) is 17.2. The summed E-state index contributed by atoms with van der Waals surface area (Å²) in [6, 6.07) is 14.3. The molecule has 0 heterocycles. The zero-order valence-electron chi connectivity index (χ0n) is 14.9. The highest BCUT2D eigenvalue weighted by molar-refractivity contribution is 9.10. The van der Waals surface area contributed by atoms with Crippen molar-refractivity contribution in [3.05, 3.63) is 58.1 Å². The molecule has 1 N–H and O–H groups in total. The second kappa shape index (κ2) is 12.2. The second-order valence-corrected chi connectivity index (χ2v) is 6.62. The van der Waals surface area contributed by atoms with Crippen LogP contribution in [0.1, 0.15) is 37.3 Å². The maximum atomic E-state index is 5.97. The van der Waals surface area contributed by atoms with Crippen LogP contribution in [0, 0.1) is 0 Å². The Morgan fingerprint density at radius 2 is 1.80 bits per heavy atom. The van der Waals surface area contributed by atoms with Gasteiger partial charge in [0, 0.05) is 6.54 Å². The Bertz CT molecular complexity index is 623. The largest absolute Gasteiger partial charge is 0.493 e. The van der Waals surface area contributed by atoms with Gasteiger partial charge in [0.25, 0.3) is 0 Å². The summed E-state index contributed by atoms with van der Waals surface area (Å²) in [7, 11) is 1.68. The van der Waals surface area contributed by atoms with Crippen LogP contribution in [0.15, 0.2) is 46.9 Å². The predicted molar refractivity (Wildman–Crippen MR) is 110 cm³/mol. The minimum atomic E-state index is 0. The molecule has 0 unspecified atom stereocenters. The molecule has 0 radical (unpaired) electrons. The Hall–Kier alpha value is -1.23. The van der Waals surface area contributed by atoms with Crippen LogP contribution in [0.25, 0.3) is 0 Å². The lowest BCUT2D eigenvalue weighted by Crippen LogP contribution is -2.14. The molecule has 0 bridgehead atoms. The molecule has 25 heavy (non-hydrogen) atoms. The first-order valence-corrected chi connectivity index (χ1v) is 9.27. The first kappa shape index (κ1) is 21.8. The Morgan fingerprint density at radius 3 is 2.48 bits per heavy atom. The predicted octanol–water partition coefficient (Wildman–Crippen LogP) is 5.74. The number of methoxy groups -OCH3 is 1.